The maximum Gasteiger partial charge on any atom is 0.225 e. The van der Waals surface area contributed by atoms with Crippen molar-refractivity contribution < 1.29 is 9.59 Å². The number of aromatic amines is 1. The lowest BCUT2D eigenvalue weighted by Gasteiger charge is -2.16. The maximum atomic E-state index is 12.5. The van der Waals surface area contributed by atoms with Crippen molar-refractivity contribution in [2.24, 2.45) is 5.92 Å². The van der Waals surface area contributed by atoms with Crippen molar-refractivity contribution in [3.8, 4) is 0 Å². The van der Waals surface area contributed by atoms with Crippen molar-refractivity contribution in [1.29, 1.82) is 0 Å². The highest BCUT2D eigenvalue weighted by Gasteiger charge is 2.33. The van der Waals surface area contributed by atoms with Gasteiger partial charge >= 0.3 is 0 Å². The van der Waals surface area contributed by atoms with E-state index in [-0.39, 0.29) is 17.7 Å². The van der Waals surface area contributed by atoms with Crippen LogP contribution < -0.4 is 5.32 Å². The average molecular weight is 389 g/mol. The Bertz CT molecular complexity index is 980. The zero-order valence-corrected chi connectivity index (χ0v) is 16.6. The van der Waals surface area contributed by atoms with Crippen LogP contribution in [0, 0.1) is 5.92 Å². The summed E-state index contributed by atoms with van der Waals surface area (Å²) in [4.78, 5) is 29.9. The first-order valence-corrected chi connectivity index (χ1v) is 10.3. The monoisotopic (exact) mass is 389 g/mol. The van der Waals surface area contributed by atoms with E-state index < -0.39 is 0 Å². The van der Waals surface area contributed by atoms with Crippen LogP contribution in [0.15, 0.2) is 60.8 Å². The molecule has 1 saturated heterocycles. The first-order chi connectivity index (χ1) is 14.2. The number of aryl methyl sites for hydroxylation is 1. The molecule has 0 spiro atoms. The molecule has 0 bridgehead atoms. The molecule has 29 heavy (non-hydrogen) atoms. The second-order valence-corrected chi connectivity index (χ2v) is 7.73. The maximum absolute atomic E-state index is 12.5. The van der Waals surface area contributed by atoms with Gasteiger partial charge in [0.15, 0.2) is 0 Å². The van der Waals surface area contributed by atoms with Gasteiger partial charge in [-0.25, -0.2) is 0 Å². The zero-order chi connectivity index (χ0) is 20.1. The molecular weight excluding hydrogens is 362 g/mol. The lowest BCUT2D eigenvalue weighted by atomic mass is 10.1. The van der Waals surface area contributed by atoms with Crippen molar-refractivity contribution >= 4 is 22.7 Å². The van der Waals surface area contributed by atoms with E-state index in [4.69, 9.17) is 0 Å². The molecule has 4 rings (SSSR count). The summed E-state index contributed by atoms with van der Waals surface area (Å²) in [6.07, 6.45) is 4.97. The molecule has 2 N–H and O–H groups in total. The third kappa shape index (κ3) is 4.67. The molecule has 1 aromatic heterocycles. The van der Waals surface area contributed by atoms with Crippen LogP contribution in [-0.2, 0) is 22.4 Å². The lowest BCUT2D eigenvalue weighted by Crippen LogP contribution is -2.34. The fourth-order valence-corrected chi connectivity index (χ4v) is 4.09. The molecule has 1 fully saturated rings. The van der Waals surface area contributed by atoms with Gasteiger partial charge in [-0.3, -0.25) is 9.59 Å². The van der Waals surface area contributed by atoms with E-state index >= 15 is 0 Å². The summed E-state index contributed by atoms with van der Waals surface area (Å²) in [5.74, 6) is -0.152. The zero-order valence-electron chi connectivity index (χ0n) is 16.6. The number of nitrogens with one attached hydrogen (secondary N) is 2. The highest BCUT2D eigenvalue weighted by atomic mass is 16.2. The normalized spacial score (nSPS) is 16.5. The summed E-state index contributed by atoms with van der Waals surface area (Å²) in [5, 5.41) is 4.22. The van der Waals surface area contributed by atoms with Crippen molar-refractivity contribution in [3.63, 3.8) is 0 Å². The number of hydrogen-bond donors (Lipinski definition) is 2. The first-order valence-electron chi connectivity index (χ1n) is 10.3. The van der Waals surface area contributed by atoms with E-state index in [1.54, 1.807) is 0 Å². The minimum atomic E-state index is -0.234. The van der Waals surface area contributed by atoms with Crippen molar-refractivity contribution in [1.82, 2.24) is 15.2 Å². The van der Waals surface area contributed by atoms with Crippen LogP contribution in [0.2, 0.25) is 0 Å². The number of carbonyl (C=O) groups is 2. The number of rotatable bonds is 8. The molecule has 1 aliphatic heterocycles. The Morgan fingerprint density at radius 2 is 1.86 bits per heavy atom. The molecule has 2 heterocycles. The van der Waals surface area contributed by atoms with E-state index in [1.807, 2.05) is 47.5 Å². The number of carbonyl (C=O) groups excluding carboxylic acids is 2. The molecule has 2 aromatic carbocycles. The molecule has 3 aromatic rings. The Kier molecular flexibility index (Phi) is 5.94. The van der Waals surface area contributed by atoms with Crippen LogP contribution in [0.4, 0.5) is 0 Å². The Morgan fingerprint density at radius 1 is 1.07 bits per heavy atom. The van der Waals surface area contributed by atoms with E-state index in [9.17, 15) is 9.59 Å². The van der Waals surface area contributed by atoms with Gasteiger partial charge in [0.2, 0.25) is 11.8 Å². The number of nitrogens with zero attached hydrogens (tertiary/aromatic N) is 1. The average Bonchev–Trinajstić information content (AvgIpc) is 3.33. The second-order valence-electron chi connectivity index (χ2n) is 7.73. The van der Waals surface area contributed by atoms with Crippen LogP contribution >= 0.6 is 0 Å². The fourth-order valence-electron chi connectivity index (χ4n) is 4.09. The SMILES string of the molecule is O=C(NCCc1c[nH]c2ccccc12)C1CC(=O)N(CCCc2ccccc2)C1. The number of benzene rings is 2. The number of fused-ring (bicyclic) bond motifs is 1. The van der Waals surface area contributed by atoms with Gasteiger partial charge in [-0.1, -0.05) is 48.5 Å². The molecule has 1 unspecified atom stereocenters. The summed E-state index contributed by atoms with van der Waals surface area (Å²) >= 11 is 0. The third-order valence-corrected chi connectivity index (χ3v) is 5.69. The molecular formula is C24H27N3O2. The minimum absolute atomic E-state index is 0.0104. The number of aromatic nitrogens is 1. The predicted octanol–water partition coefficient (Wildman–Crippen LogP) is 3.31. The van der Waals surface area contributed by atoms with Gasteiger partial charge in [-0.15, -0.1) is 0 Å². The molecule has 5 heteroatoms. The number of likely N-dealkylation sites (tertiary alicyclic amines) is 1. The quantitative estimate of drug-likeness (QED) is 0.621. The van der Waals surface area contributed by atoms with Gasteiger partial charge in [0.1, 0.15) is 0 Å². The largest absolute Gasteiger partial charge is 0.361 e. The van der Waals surface area contributed by atoms with Crippen LogP contribution in [0.1, 0.15) is 24.0 Å². The standard InChI is InChI=1S/C24H27N3O2/c28-23-15-20(17-27(23)14-6-9-18-7-2-1-3-8-18)24(29)25-13-12-19-16-26-22-11-5-4-10-21(19)22/h1-5,7-8,10-11,16,20,26H,6,9,12-15,17H2,(H,25,29). The van der Waals surface area contributed by atoms with Crippen LogP contribution in [0.25, 0.3) is 10.9 Å². The van der Waals surface area contributed by atoms with E-state index in [0.29, 0.717) is 26.1 Å². The Balaban J connectivity index is 1.21. The third-order valence-electron chi connectivity index (χ3n) is 5.69. The number of para-hydroxylation sites is 1. The van der Waals surface area contributed by atoms with Gasteiger partial charge in [0.25, 0.3) is 0 Å². The molecule has 0 aliphatic carbocycles. The fraction of sp³-hybridized carbons (Fsp3) is 0.333. The second kappa shape index (κ2) is 8.95. The summed E-state index contributed by atoms with van der Waals surface area (Å²) in [5.41, 5.74) is 3.60. The van der Waals surface area contributed by atoms with Crippen LogP contribution in [-0.4, -0.2) is 41.3 Å². The van der Waals surface area contributed by atoms with E-state index in [2.05, 4.69) is 28.5 Å². The van der Waals surface area contributed by atoms with Gasteiger partial charge in [0, 0.05) is 43.2 Å². The number of amides is 2. The van der Waals surface area contributed by atoms with Crippen LogP contribution in [0.5, 0.6) is 0 Å². The molecule has 1 aliphatic rings. The van der Waals surface area contributed by atoms with E-state index in [0.717, 1.165) is 24.8 Å². The van der Waals surface area contributed by atoms with Crippen LogP contribution in [0.3, 0.4) is 0 Å². The highest BCUT2D eigenvalue weighted by molar-refractivity contribution is 5.89. The van der Waals surface area contributed by atoms with Crippen molar-refractivity contribution in [2.45, 2.75) is 25.7 Å². The smallest absolute Gasteiger partial charge is 0.225 e. The predicted molar refractivity (Wildman–Crippen MR) is 114 cm³/mol. The Morgan fingerprint density at radius 3 is 2.72 bits per heavy atom. The molecule has 150 valence electrons. The van der Waals surface area contributed by atoms with Gasteiger partial charge in [-0.05, 0) is 36.5 Å². The van der Waals surface area contributed by atoms with Gasteiger partial charge in [-0.2, -0.15) is 0 Å². The number of hydrogen-bond acceptors (Lipinski definition) is 2. The molecule has 2 amide bonds. The summed E-state index contributed by atoms with van der Waals surface area (Å²) in [6, 6.07) is 18.5. The summed E-state index contributed by atoms with van der Waals surface area (Å²) in [7, 11) is 0. The van der Waals surface area contributed by atoms with Gasteiger partial charge in [0.05, 0.1) is 5.92 Å². The van der Waals surface area contributed by atoms with E-state index in [1.165, 1.54) is 16.5 Å². The Hall–Kier alpha value is -3.08. The summed E-state index contributed by atoms with van der Waals surface area (Å²) in [6.45, 7) is 1.83. The summed E-state index contributed by atoms with van der Waals surface area (Å²) < 4.78 is 0. The molecule has 5 nitrogen and oxygen atoms in total. The highest BCUT2D eigenvalue weighted by Crippen LogP contribution is 2.20. The van der Waals surface area contributed by atoms with Crippen molar-refractivity contribution in [3.05, 3.63) is 71.9 Å². The first kappa shape index (κ1) is 19.2. The molecule has 0 radical (unpaired) electrons. The van der Waals surface area contributed by atoms with Gasteiger partial charge < -0.3 is 15.2 Å². The molecule has 0 saturated carbocycles. The Labute approximate surface area is 171 Å². The molecule has 1 atom stereocenters. The topological polar surface area (TPSA) is 65.2 Å². The lowest BCUT2D eigenvalue weighted by molar-refractivity contribution is -0.129. The number of H-pyrrole nitrogens is 1. The minimum Gasteiger partial charge on any atom is -0.361 e. The van der Waals surface area contributed by atoms with Crippen molar-refractivity contribution in [2.75, 3.05) is 19.6 Å².